The van der Waals surface area contributed by atoms with E-state index in [1.54, 1.807) is 7.05 Å². The predicted octanol–water partition coefficient (Wildman–Crippen LogP) is 3.74. The quantitative estimate of drug-likeness (QED) is 0.688. The second-order valence-corrected chi connectivity index (χ2v) is 6.88. The molecule has 29 heavy (non-hydrogen) atoms. The number of nitrogens with one attached hydrogen (secondary N) is 2. The SMILES string of the molecule is CNCC(=O)Nc1ccc(CN2CCN(c3cccc(C)c3)CC2)cc1.Cl.Cl.Cl. The van der Waals surface area contributed by atoms with Crippen LogP contribution in [-0.4, -0.2) is 50.6 Å². The highest BCUT2D eigenvalue weighted by molar-refractivity contribution is 5.92. The van der Waals surface area contributed by atoms with Crippen LogP contribution in [0.3, 0.4) is 0 Å². The third-order valence-corrected chi connectivity index (χ3v) is 4.72. The smallest absolute Gasteiger partial charge is 0.238 e. The van der Waals surface area contributed by atoms with E-state index in [0.717, 1.165) is 38.4 Å². The Bertz CT molecular complexity index is 735. The van der Waals surface area contributed by atoms with Crippen molar-refractivity contribution in [3.63, 3.8) is 0 Å². The van der Waals surface area contributed by atoms with Gasteiger partial charge in [-0.1, -0.05) is 24.3 Å². The first-order valence-electron chi connectivity index (χ1n) is 9.21. The molecule has 0 saturated carbocycles. The zero-order chi connectivity index (χ0) is 18.4. The summed E-state index contributed by atoms with van der Waals surface area (Å²) < 4.78 is 0. The number of likely N-dealkylation sites (N-methyl/N-ethyl adjacent to an activating group) is 1. The van der Waals surface area contributed by atoms with E-state index in [2.05, 4.69) is 63.8 Å². The Labute approximate surface area is 192 Å². The van der Waals surface area contributed by atoms with Crippen LogP contribution in [0.25, 0.3) is 0 Å². The Morgan fingerprint density at radius 2 is 1.62 bits per heavy atom. The van der Waals surface area contributed by atoms with Crippen molar-refractivity contribution in [1.29, 1.82) is 0 Å². The number of rotatable bonds is 6. The molecule has 3 rings (SSSR count). The molecule has 0 unspecified atom stereocenters. The van der Waals surface area contributed by atoms with Crippen molar-refractivity contribution >= 4 is 54.5 Å². The molecule has 8 heteroatoms. The minimum absolute atomic E-state index is 0. The molecular weight excluding hydrogens is 431 g/mol. The van der Waals surface area contributed by atoms with Gasteiger partial charge in [0.15, 0.2) is 0 Å². The average molecular weight is 462 g/mol. The second kappa shape index (κ2) is 13.7. The summed E-state index contributed by atoms with van der Waals surface area (Å²) in [7, 11) is 1.77. The van der Waals surface area contributed by atoms with E-state index in [9.17, 15) is 4.79 Å². The molecule has 1 fully saturated rings. The van der Waals surface area contributed by atoms with Gasteiger partial charge < -0.3 is 15.5 Å². The Morgan fingerprint density at radius 1 is 0.966 bits per heavy atom. The zero-order valence-electron chi connectivity index (χ0n) is 16.9. The number of amides is 1. The third-order valence-electron chi connectivity index (χ3n) is 4.72. The normalized spacial score (nSPS) is 13.5. The van der Waals surface area contributed by atoms with Crippen LogP contribution in [-0.2, 0) is 11.3 Å². The van der Waals surface area contributed by atoms with Gasteiger partial charge >= 0.3 is 0 Å². The number of halogens is 3. The topological polar surface area (TPSA) is 47.6 Å². The Kier molecular flexibility index (Phi) is 13.0. The molecule has 5 nitrogen and oxygen atoms in total. The molecule has 162 valence electrons. The molecule has 0 aliphatic carbocycles. The number of carbonyl (C=O) groups excluding carboxylic acids is 1. The summed E-state index contributed by atoms with van der Waals surface area (Å²) in [5, 5.41) is 5.73. The first-order valence-corrected chi connectivity index (χ1v) is 9.21. The summed E-state index contributed by atoms with van der Waals surface area (Å²) in [6.07, 6.45) is 0. The lowest BCUT2D eigenvalue weighted by molar-refractivity contribution is -0.115. The van der Waals surface area contributed by atoms with Gasteiger partial charge in [0.05, 0.1) is 6.54 Å². The van der Waals surface area contributed by atoms with Gasteiger partial charge in [0, 0.05) is 44.1 Å². The Morgan fingerprint density at radius 3 is 2.21 bits per heavy atom. The molecule has 0 spiro atoms. The first-order chi connectivity index (χ1) is 12.6. The molecule has 0 radical (unpaired) electrons. The van der Waals surface area contributed by atoms with Crippen molar-refractivity contribution in [3.8, 4) is 0 Å². The van der Waals surface area contributed by atoms with Crippen LogP contribution in [0.1, 0.15) is 11.1 Å². The molecule has 1 saturated heterocycles. The van der Waals surface area contributed by atoms with Crippen LogP contribution in [0.15, 0.2) is 48.5 Å². The van der Waals surface area contributed by atoms with E-state index in [1.165, 1.54) is 16.8 Å². The van der Waals surface area contributed by atoms with Gasteiger partial charge in [0.2, 0.25) is 5.91 Å². The molecule has 1 aliphatic rings. The van der Waals surface area contributed by atoms with Crippen molar-refractivity contribution in [2.45, 2.75) is 13.5 Å². The van der Waals surface area contributed by atoms with Crippen LogP contribution in [0.2, 0.25) is 0 Å². The molecule has 1 aliphatic heterocycles. The lowest BCUT2D eigenvalue weighted by atomic mass is 10.1. The van der Waals surface area contributed by atoms with Gasteiger partial charge in [-0.3, -0.25) is 9.69 Å². The number of hydrogen-bond acceptors (Lipinski definition) is 4. The largest absolute Gasteiger partial charge is 0.369 e. The Hall–Kier alpha value is -1.50. The molecule has 0 atom stereocenters. The van der Waals surface area contributed by atoms with Crippen molar-refractivity contribution in [2.75, 3.05) is 50.0 Å². The molecule has 2 aromatic carbocycles. The molecule has 1 amide bonds. The lowest BCUT2D eigenvalue weighted by Crippen LogP contribution is -2.45. The van der Waals surface area contributed by atoms with E-state index in [1.807, 2.05) is 12.1 Å². The molecular formula is C21H31Cl3N4O. The van der Waals surface area contributed by atoms with Crippen molar-refractivity contribution in [1.82, 2.24) is 10.2 Å². The van der Waals surface area contributed by atoms with Crippen molar-refractivity contribution in [2.24, 2.45) is 0 Å². The van der Waals surface area contributed by atoms with E-state index < -0.39 is 0 Å². The van der Waals surface area contributed by atoms with Gasteiger partial charge in [-0.2, -0.15) is 0 Å². The maximum atomic E-state index is 11.6. The fourth-order valence-electron chi connectivity index (χ4n) is 3.31. The van der Waals surface area contributed by atoms with E-state index in [4.69, 9.17) is 0 Å². The summed E-state index contributed by atoms with van der Waals surface area (Å²) in [5.74, 6) is -0.0208. The molecule has 2 N–H and O–H groups in total. The van der Waals surface area contributed by atoms with Gasteiger partial charge in [0.25, 0.3) is 0 Å². The highest BCUT2D eigenvalue weighted by Gasteiger charge is 2.17. The molecule has 0 aromatic heterocycles. The first kappa shape index (κ1) is 27.5. The van der Waals surface area contributed by atoms with Crippen LogP contribution >= 0.6 is 37.2 Å². The summed E-state index contributed by atoms with van der Waals surface area (Å²) in [4.78, 5) is 16.5. The maximum Gasteiger partial charge on any atom is 0.238 e. The van der Waals surface area contributed by atoms with Gasteiger partial charge in [-0.15, -0.1) is 37.2 Å². The van der Waals surface area contributed by atoms with E-state index in [0.29, 0.717) is 6.54 Å². The summed E-state index contributed by atoms with van der Waals surface area (Å²) in [5.41, 5.74) is 4.76. The number of nitrogens with zero attached hydrogens (tertiary/aromatic N) is 2. The third kappa shape index (κ3) is 8.41. The van der Waals surface area contributed by atoms with E-state index in [-0.39, 0.29) is 43.1 Å². The van der Waals surface area contributed by atoms with Crippen LogP contribution in [0.4, 0.5) is 11.4 Å². The minimum Gasteiger partial charge on any atom is -0.369 e. The number of benzene rings is 2. The van der Waals surface area contributed by atoms with E-state index >= 15 is 0 Å². The van der Waals surface area contributed by atoms with Gasteiger partial charge in [-0.05, 0) is 49.4 Å². The number of hydrogen-bond donors (Lipinski definition) is 2. The average Bonchev–Trinajstić information content (AvgIpc) is 2.64. The maximum absolute atomic E-state index is 11.6. The van der Waals surface area contributed by atoms with Crippen LogP contribution < -0.4 is 15.5 Å². The number of piperazine rings is 1. The highest BCUT2D eigenvalue weighted by atomic mass is 35.5. The number of carbonyl (C=O) groups is 1. The van der Waals surface area contributed by atoms with Crippen LogP contribution in [0, 0.1) is 6.92 Å². The second-order valence-electron chi connectivity index (χ2n) is 6.88. The molecule has 1 heterocycles. The van der Waals surface area contributed by atoms with Crippen molar-refractivity contribution < 1.29 is 4.79 Å². The minimum atomic E-state index is -0.0208. The summed E-state index contributed by atoms with van der Waals surface area (Å²) in [6, 6.07) is 16.9. The fourth-order valence-corrected chi connectivity index (χ4v) is 3.31. The number of anilines is 2. The van der Waals surface area contributed by atoms with Gasteiger partial charge in [0.1, 0.15) is 0 Å². The predicted molar refractivity (Wildman–Crippen MR) is 129 cm³/mol. The lowest BCUT2D eigenvalue weighted by Gasteiger charge is -2.36. The Balaban J connectivity index is 0.00000261. The standard InChI is InChI=1S/C21H28N4O.3ClH/c1-17-4-3-5-20(14-17)25-12-10-24(11-13-25)16-18-6-8-19(9-7-18)23-21(26)15-22-2;;;/h3-9,14,22H,10-13,15-16H2,1-2H3,(H,23,26);3*1H. The van der Waals surface area contributed by atoms with Crippen LogP contribution in [0.5, 0.6) is 0 Å². The fraction of sp³-hybridized carbons (Fsp3) is 0.381. The molecule has 0 bridgehead atoms. The summed E-state index contributed by atoms with van der Waals surface area (Å²) >= 11 is 0. The number of aryl methyl sites for hydroxylation is 1. The molecule has 2 aromatic rings. The summed E-state index contributed by atoms with van der Waals surface area (Å²) in [6.45, 7) is 7.66. The van der Waals surface area contributed by atoms with Gasteiger partial charge in [-0.25, -0.2) is 0 Å². The highest BCUT2D eigenvalue weighted by Crippen LogP contribution is 2.19. The monoisotopic (exact) mass is 460 g/mol. The van der Waals surface area contributed by atoms with Crippen molar-refractivity contribution in [3.05, 3.63) is 59.7 Å². The zero-order valence-corrected chi connectivity index (χ0v) is 19.3.